The van der Waals surface area contributed by atoms with Gasteiger partial charge in [0.15, 0.2) is 0 Å². The van der Waals surface area contributed by atoms with Gasteiger partial charge >= 0.3 is 11.9 Å². The Labute approximate surface area is 831 Å². The first kappa shape index (κ1) is 131. The summed E-state index contributed by atoms with van der Waals surface area (Å²) in [5.41, 5.74) is 5.40. The van der Waals surface area contributed by atoms with Crippen LogP contribution in [0.3, 0.4) is 0 Å². The largest absolute Gasteiger partial charge is 0.469 e. The molecule has 9 saturated heterocycles. The number of likely N-dealkylation sites (tertiary alicyclic amines) is 5. The third-order valence-electron chi connectivity index (χ3n) is 27.6. The Kier molecular flexibility index (Phi) is 66.8. The summed E-state index contributed by atoms with van der Waals surface area (Å²) in [7, 11) is 3.68. The third-order valence-corrected chi connectivity index (χ3v) is 27.6. The number of hydrogen-bond acceptors (Lipinski definition) is 18. The highest BCUT2D eigenvalue weighted by Crippen LogP contribution is 2.31. The first-order valence-electron chi connectivity index (χ1n) is 54.8. The van der Waals surface area contributed by atoms with Crippen LogP contribution in [0.2, 0.25) is 0 Å². The number of rotatable bonds is 28. The Hall–Kier alpha value is -2.33. The molecule has 0 aromatic heterocycles. The highest BCUT2D eigenvalue weighted by Gasteiger charge is 2.30. The molecule has 18 nitrogen and oxygen atoms in total. The molecular weight excluding hydrogens is 1650 g/mol. The lowest BCUT2D eigenvalue weighted by molar-refractivity contribution is -0.144. The molecule has 9 rings (SSSR count). The maximum atomic E-state index is 11.4. The zero-order valence-corrected chi connectivity index (χ0v) is 95.3. The molecule has 0 aromatic carbocycles. The van der Waals surface area contributed by atoms with E-state index < -0.39 is 0 Å². The second-order valence-electron chi connectivity index (χ2n) is 53.1. The SMILES string of the molecule is C.C=C(C)N1CCN(CCC(C)(C)C)CC1.CC(=O)CC1CCN(CCC(C)(C)C)CC1.CC(C)(C)CCN1CCCCC1.CC(C)(C)CCN1CCCCC1.CC1CN(CCC(C)(C)C)CC(C)O1.CCCN1CCN(CCC(C)(C)C)CC1.CCOC(=O)CC1CCN(CCC(C)(C)C)CC1.CN1CCN(CCC(C)(C)C)CC1.COC(=O)CC1CCN(CCC(C)(C)C)CC1. The monoisotopic (exact) mass is 1880 g/mol. The molecule has 9 fully saturated rings. The van der Waals surface area contributed by atoms with E-state index in [9.17, 15) is 14.4 Å². The van der Waals surface area contributed by atoms with Crippen LogP contribution >= 0.6 is 0 Å². The minimum atomic E-state index is -0.0573. The minimum absolute atomic E-state index is 0. The zero-order valence-electron chi connectivity index (χ0n) is 95.3. The molecule has 0 saturated carbocycles. The van der Waals surface area contributed by atoms with E-state index >= 15 is 0 Å². The lowest BCUT2D eigenvalue weighted by atomic mass is 9.89. The number of methoxy groups -OCH3 is 1. The van der Waals surface area contributed by atoms with Gasteiger partial charge in [-0.1, -0.05) is 221 Å². The molecule has 0 radical (unpaired) electrons. The molecule has 0 bridgehead atoms. The molecule has 0 N–H and O–H groups in total. The Morgan fingerprint density at radius 3 is 0.774 bits per heavy atom. The van der Waals surface area contributed by atoms with Gasteiger partial charge < -0.3 is 68.0 Å². The Bertz CT molecular complexity index is 2800. The molecule has 18 heteroatoms. The summed E-state index contributed by atoms with van der Waals surface area (Å²) in [6, 6.07) is 0. The van der Waals surface area contributed by atoms with Gasteiger partial charge in [0.05, 0.1) is 25.9 Å². The fraction of sp³-hybridized carbons (Fsp3) is 0.957. The van der Waals surface area contributed by atoms with Crippen LogP contribution in [0.25, 0.3) is 0 Å². The standard InChI is InChI=1S/C15H29NO2.C14H27NO2.C14H27NO.C13H26N2.C13H28N2.C12H25NO.C11H24N2.2C11H23N.CH4/c1-5-18-14(17)12-13-6-9-16(10-7-13)11-8-15(2,3)4;1-14(2,3)7-10-15-8-5-12(6-9-15)11-13(16)17-4;1-12(16)11-13-5-8-15(9-6-13)10-7-14(2,3)4;1-12(2)15-10-8-14(9-11-15)7-6-13(3,4)5;1-5-7-14-9-11-15(12-10-14)8-6-13(2,3)4;1-10-8-13(9-11(2)14-10)7-6-12(3,4)5;1-11(2,3)5-6-13-9-7-12(4)8-10-13;2*1-11(2,3)7-10-12-8-5-4-6-9-12;/h13H,5-12H2,1-4H3;12H,5-11H2,1-4H3;13H,5-11H2,1-4H3;1,6-11H2,2-5H3;5-12H2,1-4H3;10-11H,6-9H2,1-5H3;5-10H2,1-4H3;2*4-10H2,1-3H3;1H4. The molecule has 0 aromatic rings. The highest BCUT2D eigenvalue weighted by atomic mass is 16.5. The number of nitrogens with zero attached hydrogens (tertiary/aromatic N) is 12. The smallest absolute Gasteiger partial charge is 0.306 e. The van der Waals surface area contributed by atoms with Gasteiger partial charge in [-0.3, -0.25) is 19.4 Å². The Morgan fingerprint density at radius 1 is 0.308 bits per heavy atom. The predicted octanol–water partition coefficient (Wildman–Crippen LogP) is 24.6. The van der Waals surface area contributed by atoms with Gasteiger partial charge in [-0.2, -0.15) is 0 Å². The third kappa shape index (κ3) is 78.9. The zero-order chi connectivity index (χ0) is 100. The van der Waals surface area contributed by atoms with E-state index in [-0.39, 0.29) is 19.4 Å². The van der Waals surface area contributed by atoms with Crippen molar-refractivity contribution in [1.29, 1.82) is 0 Å². The van der Waals surface area contributed by atoms with Gasteiger partial charge in [0.1, 0.15) is 5.78 Å². The number of morpholine rings is 1. The number of likely N-dealkylation sites (N-methyl/N-ethyl adjacent to an activating group) is 1. The number of hydrogen-bond donors (Lipinski definition) is 0. The van der Waals surface area contributed by atoms with Crippen LogP contribution in [0.5, 0.6) is 0 Å². The molecule has 9 aliphatic rings. The molecule has 792 valence electrons. The second-order valence-corrected chi connectivity index (χ2v) is 53.1. The van der Waals surface area contributed by atoms with E-state index in [1.807, 2.05) is 6.92 Å². The number of Topliss-reactive ketones (excluding diaryl/α,β-unsaturated/α-hetero) is 1. The maximum Gasteiger partial charge on any atom is 0.306 e. The summed E-state index contributed by atoms with van der Waals surface area (Å²) in [5.74, 6) is 2.00. The molecule has 0 amide bonds. The number of allylic oxidation sites excluding steroid dienone is 1. The van der Waals surface area contributed by atoms with E-state index in [4.69, 9.17) is 14.2 Å². The van der Waals surface area contributed by atoms with Crippen molar-refractivity contribution in [2.24, 2.45) is 66.5 Å². The summed E-state index contributed by atoms with van der Waals surface area (Å²) in [6.45, 7) is 121. The number of carbonyl (C=O) groups is 3. The van der Waals surface area contributed by atoms with Crippen LogP contribution in [-0.4, -0.2) is 332 Å². The molecule has 0 aliphatic carbocycles. The van der Waals surface area contributed by atoms with Crippen molar-refractivity contribution in [3.05, 3.63) is 12.3 Å². The topological polar surface area (TPSA) is 118 Å². The van der Waals surface area contributed by atoms with Crippen molar-refractivity contribution in [2.45, 2.75) is 409 Å². The summed E-state index contributed by atoms with van der Waals surface area (Å²) in [5, 5.41) is 0. The van der Waals surface area contributed by atoms with E-state index in [0.717, 1.165) is 84.5 Å². The van der Waals surface area contributed by atoms with E-state index in [0.29, 0.717) is 104 Å². The maximum absolute atomic E-state index is 11.4. The Balaban J connectivity index is 0.00000148. The summed E-state index contributed by atoms with van der Waals surface area (Å²) in [6.07, 6.45) is 31.3. The number of piperidine rings is 5. The van der Waals surface area contributed by atoms with Crippen molar-refractivity contribution in [3.8, 4) is 0 Å². The summed E-state index contributed by atoms with van der Waals surface area (Å²) in [4.78, 5) is 64.2. The first-order chi connectivity index (χ1) is 61.1. The van der Waals surface area contributed by atoms with E-state index in [1.54, 1.807) is 6.92 Å². The normalized spacial score (nSPS) is 21.2. The van der Waals surface area contributed by atoms with Crippen LogP contribution in [0.1, 0.15) is 396 Å². The van der Waals surface area contributed by atoms with Crippen LogP contribution < -0.4 is 0 Å². The Morgan fingerprint density at radius 2 is 0.534 bits per heavy atom. The summed E-state index contributed by atoms with van der Waals surface area (Å²) >= 11 is 0. The summed E-state index contributed by atoms with van der Waals surface area (Å²) < 4.78 is 15.4. The van der Waals surface area contributed by atoms with Crippen molar-refractivity contribution in [2.75, 3.05) is 243 Å². The molecule has 2 unspecified atom stereocenters. The van der Waals surface area contributed by atoms with Crippen LogP contribution in [0, 0.1) is 66.5 Å². The minimum Gasteiger partial charge on any atom is -0.469 e. The van der Waals surface area contributed by atoms with Gasteiger partial charge in [-0.05, 0) is 367 Å². The number of ketones is 1. The van der Waals surface area contributed by atoms with Crippen molar-refractivity contribution in [1.82, 2.24) is 58.8 Å². The van der Waals surface area contributed by atoms with Crippen LogP contribution in [0.15, 0.2) is 12.3 Å². The lowest BCUT2D eigenvalue weighted by Crippen LogP contribution is -2.47. The quantitative estimate of drug-likeness (QED) is 0.0691. The molecule has 9 heterocycles. The van der Waals surface area contributed by atoms with Crippen molar-refractivity contribution in [3.63, 3.8) is 0 Å². The second kappa shape index (κ2) is 68.0. The van der Waals surface area contributed by atoms with Gasteiger partial charge in [0, 0.05) is 117 Å². The fourth-order valence-electron chi connectivity index (χ4n) is 17.7. The molecule has 9 aliphatic heterocycles. The average Bonchev–Trinajstić information content (AvgIpc) is 0.878. The highest BCUT2D eigenvalue weighted by molar-refractivity contribution is 5.75. The molecule has 0 spiro atoms. The van der Waals surface area contributed by atoms with Gasteiger partial charge in [0.25, 0.3) is 0 Å². The van der Waals surface area contributed by atoms with Gasteiger partial charge in [0.2, 0.25) is 0 Å². The van der Waals surface area contributed by atoms with Gasteiger partial charge in [-0.25, -0.2) is 0 Å². The van der Waals surface area contributed by atoms with Crippen LogP contribution in [-0.2, 0) is 28.6 Å². The van der Waals surface area contributed by atoms with E-state index in [1.165, 1.54) is 299 Å². The molecular formula is C115H236N12O6. The molecule has 133 heavy (non-hydrogen) atoms. The van der Waals surface area contributed by atoms with Crippen LogP contribution in [0.4, 0.5) is 0 Å². The number of carbonyl (C=O) groups excluding carboxylic acids is 3. The predicted molar refractivity (Wildman–Crippen MR) is 581 cm³/mol. The van der Waals surface area contributed by atoms with Crippen molar-refractivity contribution < 1.29 is 28.6 Å². The first-order valence-corrected chi connectivity index (χ1v) is 54.8. The average molecular weight is 1880 g/mol. The number of piperazine rings is 3. The van der Waals surface area contributed by atoms with Gasteiger partial charge in [-0.15, -0.1) is 0 Å². The number of esters is 2. The lowest BCUT2D eigenvalue weighted by Gasteiger charge is -2.37. The van der Waals surface area contributed by atoms with Crippen molar-refractivity contribution >= 4 is 17.7 Å². The van der Waals surface area contributed by atoms with E-state index in [2.05, 4.69) is 287 Å². The fourth-order valence-corrected chi connectivity index (χ4v) is 17.7. The number of ether oxygens (including phenoxy) is 3. The molecule has 2 atom stereocenters.